The van der Waals surface area contributed by atoms with Crippen molar-refractivity contribution in [2.45, 2.75) is 24.9 Å². The summed E-state index contributed by atoms with van der Waals surface area (Å²) in [6.07, 6.45) is -4.83. The van der Waals surface area contributed by atoms with E-state index in [4.69, 9.17) is 11.6 Å². The standard InChI is InChI=1S/C20H15ClF3N3O2S/c1-11(21)18(29)25-15-9-13(7-8-14(15)20(22,23)24)16(28)10-17-26-27-19(30-17)12-5-3-2-4-6-12/h2-9,11H,10H2,1H3,(H,25,29). The van der Waals surface area contributed by atoms with E-state index < -0.39 is 34.5 Å². The highest BCUT2D eigenvalue weighted by Crippen LogP contribution is 2.36. The van der Waals surface area contributed by atoms with Crippen molar-refractivity contribution >= 4 is 40.3 Å². The molecule has 3 aromatic rings. The van der Waals surface area contributed by atoms with E-state index in [0.717, 1.165) is 23.8 Å². The van der Waals surface area contributed by atoms with Crippen LogP contribution >= 0.6 is 22.9 Å². The Hall–Kier alpha value is -2.78. The van der Waals surface area contributed by atoms with Gasteiger partial charge in [0.2, 0.25) is 5.91 Å². The number of benzene rings is 2. The van der Waals surface area contributed by atoms with Crippen LogP contribution in [0.1, 0.15) is 27.9 Å². The molecule has 0 aliphatic carbocycles. The van der Waals surface area contributed by atoms with Gasteiger partial charge in [-0.25, -0.2) is 0 Å². The Morgan fingerprint density at radius 3 is 2.47 bits per heavy atom. The zero-order valence-electron chi connectivity index (χ0n) is 15.5. The van der Waals surface area contributed by atoms with Crippen molar-refractivity contribution in [1.82, 2.24) is 10.2 Å². The predicted molar refractivity (Wildman–Crippen MR) is 109 cm³/mol. The van der Waals surface area contributed by atoms with Gasteiger partial charge in [0, 0.05) is 11.1 Å². The second-order valence-corrected chi connectivity index (χ2v) is 8.05. The molecule has 10 heteroatoms. The Bertz CT molecular complexity index is 1070. The number of Topliss-reactive ketones (excluding diaryl/α,β-unsaturated/α-hetero) is 1. The first-order chi connectivity index (χ1) is 14.1. The Morgan fingerprint density at radius 2 is 1.83 bits per heavy atom. The summed E-state index contributed by atoms with van der Waals surface area (Å²) in [6, 6.07) is 12.1. The number of aromatic nitrogens is 2. The molecule has 0 aliphatic rings. The largest absolute Gasteiger partial charge is 0.418 e. The number of hydrogen-bond donors (Lipinski definition) is 1. The molecule has 2 aromatic carbocycles. The Labute approximate surface area is 178 Å². The van der Waals surface area contributed by atoms with Gasteiger partial charge in [-0.3, -0.25) is 9.59 Å². The van der Waals surface area contributed by atoms with Crippen molar-refractivity contribution < 1.29 is 22.8 Å². The lowest BCUT2D eigenvalue weighted by Gasteiger charge is -2.15. The number of rotatable bonds is 6. The molecule has 3 rings (SSSR count). The smallest absolute Gasteiger partial charge is 0.324 e. The van der Waals surface area contributed by atoms with E-state index in [9.17, 15) is 22.8 Å². The maximum Gasteiger partial charge on any atom is 0.418 e. The zero-order chi connectivity index (χ0) is 21.9. The van der Waals surface area contributed by atoms with Gasteiger partial charge in [0.15, 0.2) is 5.78 Å². The Balaban J connectivity index is 1.84. The van der Waals surface area contributed by atoms with Gasteiger partial charge in [-0.2, -0.15) is 13.2 Å². The third-order valence-corrected chi connectivity index (χ3v) is 5.24. The molecule has 0 bridgehead atoms. The van der Waals surface area contributed by atoms with Crippen LogP contribution in [-0.2, 0) is 17.4 Å². The van der Waals surface area contributed by atoms with Gasteiger partial charge in [0.1, 0.15) is 15.4 Å². The van der Waals surface area contributed by atoms with E-state index >= 15 is 0 Å². The lowest BCUT2D eigenvalue weighted by Crippen LogP contribution is -2.23. The third kappa shape index (κ3) is 5.22. The van der Waals surface area contributed by atoms with Gasteiger partial charge >= 0.3 is 6.18 Å². The van der Waals surface area contributed by atoms with Crippen LogP contribution in [-0.4, -0.2) is 27.3 Å². The van der Waals surface area contributed by atoms with Crippen LogP contribution in [0, 0.1) is 0 Å². The number of amides is 1. The van der Waals surface area contributed by atoms with Crippen molar-refractivity contribution in [3.63, 3.8) is 0 Å². The molecule has 1 aromatic heterocycles. The summed E-state index contributed by atoms with van der Waals surface area (Å²) < 4.78 is 39.8. The topological polar surface area (TPSA) is 72.0 Å². The zero-order valence-corrected chi connectivity index (χ0v) is 17.1. The molecule has 1 unspecified atom stereocenters. The van der Waals surface area contributed by atoms with Crippen molar-refractivity contribution in [2.75, 3.05) is 5.32 Å². The maximum atomic E-state index is 13.3. The fourth-order valence-electron chi connectivity index (χ4n) is 2.56. The number of carbonyl (C=O) groups excluding carboxylic acids is 2. The highest BCUT2D eigenvalue weighted by molar-refractivity contribution is 7.14. The number of hydrogen-bond acceptors (Lipinski definition) is 5. The molecule has 0 radical (unpaired) electrons. The molecule has 0 spiro atoms. The van der Waals surface area contributed by atoms with Crippen LogP contribution in [0.15, 0.2) is 48.5 Å². The number of ketones is 1. The van der Waals surface area contributed by atoms with Gasteiger partial charge in [-0.1, -0.05) is 47.7 Å². The van der Waals surface area contributed by atoms with Crippen LogP contribution in [0.2, 0.25) is 0 Å². The van der Waals surface area contributed by atoms with E-state index in [2.05, 4.69) is 15.5 Å². The first kappa shape index (κ1) is 21.9. The van der Waals surface area contributed by atoms with Crippen LogP contribution in [0.3, 0.4) is 0 Å². The summed E-state index contributed by atoms with van der Waals surface area (Å²) in [4.78, 5) is 24.4. The number of carbonyl (C=O) groups is 2. The molecule has 1 atom stereocenters. The minimum atomic E-state index is -4.70. The first-order valence-electron chi connectivity index (χ1n) is 8.72. The second-order valence-electron chi connectivity index (χ2n) is 6.33. The van der Waals surface area contributed by atoms with E-state index in [1.165, 1.54) is 18.3 Å². The molecule has 1 amide bonds. The normalized spacial score (nSPS) is 12.4. The van der Waals surface area contributed by atoms with Gasteiger partial charge in [-0.15, -0.1) is 21.8 Å². The molecule has 1 N–H and O–H groups in total. The Kier molecular flexibility index (Phi) is 6.52. The minimum Gasteiger partial charge on any atom is -0.324 e. The molecule has 156 valence electrons. The molecular weight excluding hydrogens is 439 g/mol. The molecule has 5 nitrogen and oxygen atoms in total. The molecule has 0 aliphatic heterocycles. The molecule has 0 saturated carbocycles. The maximum absolute atomic E-state index is 13.3. The summed E-state index contributed by atoms with van der Waals surface area (Å²) in [5.74, 6) is -1.25. The van der Waals surface area contributed by atoms with E-state index in [1.807, 2.05) is 30.3 Å². The van der Waals surface area contributed by atoms with Crippen LogP contribution in [0.25, 0.3) is 10.6 Å². The summed E-state index contributed by atoms with van der Waals surface area (Å²) in [5.41, 5.74) is -0.722. The molecule has 0 saturated heterocycles. The highest BCUT2D eigenvalue weighted by atomic mass is 35.5. The van der Waals surface area contributed by atoms with E-state index in [-0.39, 0.29) is 12.0 Å². The average molecular weight is 454 g/mol. The first-order valence-corrected chi connectivity index (χ1v) is 9.97. The van der Waals surface area contributed by atoms with Gasteiger partial charge in [0.05, 0.1) is 17.7 Å². The predicted octanol–water partition coefficient (Wildman–Crippen LogP) is 5.22. The lowest BCUT2D eigenvalue weighted by molar-refractivity contribution is -0.137. The fraction of sp³-hybridized carbons (Fsp3) is 0.200. The average Bonchev–Trinajstić information content (AvgIpc) is 3.16. The lowest BCUT2D eigenvalue weighted by atomic mass is 10.0. The summed E-state index contributed by atoms with van der Waals surface area (Å²) >= 11 is 6.86. The van der Waals surface area contributed by atoms with Gasteiger partial charge < -0.3 is 5.32 Å². The van der Waals surface area contributed by atoms with Gasteiger partial charge in [0.25, 0.3) is 0 Å². The SMILES string of the molecule is CC(Cl)C(=O)Nc1cc(C(=O)Cc2nnc(-c3ccccc3)s2)ccc1C(F)(F)F. The van der Waals surface area contributed by atoms with Crippen molar-refractivity contribution in [1.29, 1.82) is 0 Å². The number of nitrogens with zero attached hydrogens (tertiary/aromatic N) is 2. The van der Waals surface area contributed by atoms with Crippen molar-refractivity contribution in [3.8, 4) is 10.6 Å². The number of nitrogens with one attached hydrogen (secondary N) is 1. The van der Waals surface area contributed by atoms with E-state index in [1.54, 1.807) is 0 Å². The van der Waals surface area contributed by atoms with E-state index in [0.29, 0.717) is 10.0 Å². The molecular formula is C20H15ClF3N3O2S. The van der Waals surface area contributed by atoms with Gasteiger partial charge in [-0.05, 0) is 19.1 Å². The number of halogens is 4. The van der Waals surface area contributed by atoms with Crippen LogP contribution in [0.5, 0.6) is 0 Å². The van der Waals surface area contributed by atoms with Crippen LogP contribution in [0.4, 0.5) is 18.9 Å². The quantitative estimate of drug-likeness (QED) is 0.410. The van der Waals surface area contributed by atoms with Crippen LogP contribution < -0.4 is 5.32 Å². The minimum absolute atomic E-state index is 0.0111. The molecule has 30 heavy (non-hydrogen) atoms. The number of alkyl halides is 4. The third-order valence-electron chi connectivity index (χ3n) is 4.07. The fourth-order valence-corrected chi connectivity index (χ4v) is 3.46. The second kappa shape index (κ2) is 8.93. The van der Waals surface area contributed by atoms with Crippen molar-refractivity contribution in [3.05, 3.63) is 64.7 Å². The summed E-state index contributed by atoms with van der Waals surface area (Å²) in [5, 5.41) is 10.2. The summed E-state index contributed by atoms with van der Waals surface area (Å²) in [6.45, 7) is 1.33. The molecule has 1 heterocycles. The highest BCUT2D eigenvalue weighted by Gasteiger charge is 2.34. The monoisotopic (exact) mass is 453 g/mol. The van der Waals surface area contributed by atoms with Crippen molar-refractivity contribution in [2.24, 2.45) is 0 Å². The Morgan fingerprint density at radius 1 is 1.13 bits per heavy atom. The summed E-state index contributed by atoms with van der Waals surface area (Å²) in [7, 11) is 0. The number of anilines is 1. The molecule has 0 fully saturated rings.